The maximum Gasteiger partial charge on any atom is 0.372 e. The van der Waals surface area contributed by atoms with E-state index in [-0.39, 0.29) is 11.3 Å². The lowest BCUT2D eigenvalue weighted by atomic mass is 10.0. The summed E-state index contributed by atoms with van der Waals surface area (Å²) in [6, 6.07) is 4.30. The zero-order valence-electron chi connectivity index (χ0n) is 8.47. The van der Waals surface area contributed by atoms with Crippen molar-refractivity contribution in [3.8, 4) is 0 Å². The van der Waals surface area contributed by atoms with Gasteiger partial charge >= 0.3 is 5.97 Å². The average Bonchev–Trinajstić information content (AvgIpc) is 2.20. The molecule has 0 amide bonds. The Balaban J connectivity index is 3.09. The minimum absolute atomic E-state index is 0.114. The summed E-state index contributed by atoms with van der Waals surface area (Å²) < 4.78 is 0. The second-order valence-corrected chi connectivity index (χ2v) is 3.29. The smallest absolute Gasteiger partial charge is 0.372 e. The van der Waals surface area contributed by atoms with Gasteiger partial charge in [0.15, 0.2) is 0 Å². The van der Waals surface area contributed by atoms with Crippen molar-refractivity contribution in [2.75, 3.05) is 0 Å². The first-order chi connectivity index (χ1) is 7.41. The van der Waals surface area contributed by atoms with Crippen molar-refractivity contribution in [1.82, 2.24) is 0 Å². The number of aryl methyl sites for hydroxylation is 1. The number of aliphatic carboxylic acids is 1. The second-order valence-electron chi connectivity index (χ2n) is 3.29. The Morgan fingerprint density at radius 3 is 2.56 bits per heavy atom. The monoisotopic (exact) mass is 223 g/mol. The molecule has 0 radical (unpaired) electrons. The van der Waals surface area contributed by atoms with Gasteiger partial charge < -0.3 is 5.11 Å². The molecule has 1 rings (SSSR count). The van der Waals surface area contributed by atoms with Crippen molar-refractivity contribution < 1.29 is 19.6 Å². The molecule has 0 aliphatic heterocycles. The van der Waals surface area contributed by atoms with E-state index in [2.05, 4.69) is 0 Å². The van der Waals surface area contributed by atoms with Crippen LogP contribution in [-0.4, -0.2) is 21.8 Å². The molecule has 0 atom stereocenters. The molecule has 0 fully saturated rings. The van der Waals surface area contributed by atoms with Gasteiger partial charge in [-0.05, 0) is 12.5 Å². The molecule has 6 heteroatoms. The molecule has 1 aromatic rings. The molecule has 0 unspecified atom stereocenters. The SMILES string of the molecule is Cc1ccc(CC(=O)C(=O)O)c([N+](=O)[O-])c1. The maximum absolute atomic E-state index is 10.9. The third kappa shape index (κ3) is 2.63. The van der Waals surface area contributed by atoms with Gasteiger partial charge in [0, 0.05) is 18.1 Å². The molecule has 0 saturated heterocycles. The van der Waals surface area contributed by atoms with E-state index in [4.69, 9.17) is 5.11 Å². The molecule has 0 aliphatic rings. The number of carbonyl (C=O) groups is 2. The molecule has 84 valence electrons. The predicted molar refractivity (Wildman–Crippen MR) is 54.2 cm³/mol. The molecule has 16 heavy (non-hydrogen) atoms. The minimum atomic E-state index is -1.59. The molecule has 1 aromatic carbocycles. The summed E-state index contributed by atoms with van der Waals surface area (Å²) in [5, 5.41) is 19.1. The number of Topliss-reactive ketones (excluding diaryl/α,β-unsaturated/α-hetero) is 1. The molecule has 6 nitrogen and oxygen atoms in total. The quantitative estimate of drug-likeness (QED) is 0.468. The number of nitro groups is 1. The molecule has 0 aromatic heterocycles. The van der Waals surface area contributed by atoms with Crippen LogP contribution in [0.2, 0.25) is 0 Å². The van der Waals surface area contributed by atoms with Crippen LogP contribution in [0.4, 0.5) is 5.69 Å². The largest absolute Gasteiger partial charge is 0.475 e. The summed E-state index contributed by atoms with van der Waals surface area (Å²) >= 11 is 0. The average molecular weight is 223 g/mol. The Hall–Kier alpha value is -2.24. The van der Waals surface area contributed by atoms with E-state index in [1.54, 1.807) is 13.0 Å². The Bertz CT molecular complexity index is 466. The van der Waals surface area contributed by atoms with Crippen molar-refractivity contribution in [1.29, 1.82) is 0 Å². The second kappa shape index (κ2) is 4.52. The minimum Gasteiger partial charge on any atom is -0.475 e. The van der Waals surface area contributed by atoms with Crippen LogP contribution in [0.5, 0.6) is 0 Å². The highest BCUT2D eigenvalue weighted by Gasteiger charge is 2.19. The van der Waals surface area contributed by atoms with Gasteiger partial charge in [-0.15, -0.1) is 0 Å². The van der Waals surface area contributed by atoms with Gasteiger partial charge in [0.25, 0.3) is 5.69 Å². The summed E-state index contributed by atoms with van der Waals surface area (Å²) in [4.78, 5) is 31.3. The summed E-state index contributed by atoms with van der Waals surface area (Å²) in [6.07, 6.45) is -0.466. The Morgan fingerprint density at radius 1 is 1.44 bits per heavy atom. The van der Waals surface area contributed by atoms with Crippen molar-refractivity contribution >= 4 is 17.4 Å². The van der Waals surface area contributed by atoms with Crippen molar-refractivity contribution in [2.24, 2.45) is 0 Å². The van der Waals surface area contributed by atoms with Crippen LogP contribution >= 0.6 is 0 Å². The highest BCUT2D eigenvalue weighted by Crippen LogP contribution is 2.20. The number of nitrogens with zero attached hydrogens (tertiary/aromatic N) is 1. The van der Waals surface area contributed by atoms with Crippen LogP contribution in [0.25, 0.3) is 0 Å². The molecule has 0 heterocycles. The number of nitro benzene ring substituents is 1. The van der Waals surface area contributed by atoms with Crippen LogP contribution < -0.4 is 0 Å². The van der Waals surface area contributed by atoms with Crippen LogP contribution in [0, 0.1) is 17.0 Å². The number of carbonyl (C=O) groups excluding carboxylic acids is 1. The van der Waals surface area contributed by atoms with E-state index < -0.39 is 23.1 Å². The lowest BCUT2D eigenvalue weighted by Crippen LogP contribution is -2.15. The summed E-state index contributed by atoms with van der Waals surface area (Å²) in [6.45, 7) is 1.68. The first kappa shape index (κ1) is 11.8. The van der Waals surface area contributed by atoms with Gasteiger partial charge in [-0.25, -0.2) is 4.79 Å². The predicted octanol–water partition coefficient (Wildman–Crippen LogP) is 1.10. The Kier molecular flexibility index (Phi) is 3.34. The summed E-state index contributed by atoms with van der Waals surface area (Å²) in [5.74, 6) is -2.65. The normalized spacial score (nSPS) is 9.81. The number of ketones is 1. The topological polar surface area (TPSA) is 97.5 Å². The zero-order chi connectivity index (χ0) is 12.3. The van der Waals surface area contributed by atoms with Gasteiger partial charge in [0.1, 0.15) is 0 Å². The zero-order valence-corrected chi connectivity index (χ0v) is 8.47. The molecular formula is C10H9NO5. The lowest BCUT2D eigenvalue weighted by Gasteiger charge is -2.01. The molecule has 0 saturated carbocycles. The van der Waals surface area contributed by atoms with E-state index in [0.29, 0.717) is 5.56 Å². The van der Waals surface area contributed by atoms with E-state index in [0.717, 1.165) is 0 Å². The van der Waals surface area contributed by atoms with E-state index in [1.165, 1.54) is 12.1 Å². The van der Waals surface area contributed by atoms with Crippen molar-refractivity contribution in [3.63, 3.8) is 0 Å². The highest BCUT2D eigenvalue weighted by molar-refractivity contribution is 6.33. The van der Waals surface area contributed by atoms with Gasteiger partial charge in [0.05, 0.1) is 4.92 Å². The number of carboxylic acids is 1. The van der Waals surface area contributed by atoms with E-state index >= 15 is 0 Å². The molecule has 0 aliphatic carbocycles. The third-order valence-electron chi connectivity index (χ3n) is 2.03. The fourth-order valence-electron chi connectivity index (χ4n) is 1.24. The number of hydrogen-bond donors (Lipinski definition) is 1. The lowest BCUT2D eigenvalue weighted by molar-refractivity contribution is -0.385. The van der Waals surface area contributed by atoms with Gasteiger partial charge in [-0.2, -0.15) is 0 Å². The first-order valence-corrected chi connectivity index (χ1v) is 4.42. The summed E-state index contributed by atoms with van der Waals surface area (Å²) in [7, 11) is 0. The molecule has 1 N–H and O–H groups in total. The third-order valence-corrected chi connectivity index (χ3v) is 2.03. The molecular weight excluding hydrogens is 214 g/mol. The van der Waals surface area contributed by atoms with Crippen LogP contribution in [-0.2, 0) is 16.0 Å². The Morgan fingerprint density at radius 2 is 2.06 bits per heavy atom. The van der Waals surface area contributed by atoms with Crippen molar-refractivity contribution in [3.05, 3.63) is 39.4 Å². The van der Waals surface area contributed by atoms with Gasteiger partial charge in [-0.3, -0.25) is 14.9 Å². The van der Waals surface area contributed by atoms with Crippen LogP contribution in [0.3, 0.4) is 0 Å². The number of carboxylic acid groups (broad SMARTS) is 1. The standard InChI is InChI=1S/C10H9NO5/c1-6-2-3-7(5-9(12)10(13)14)8(4-6)11(15)16/h2-4H,5H2,1H3,(H,13,14). The number of hydrogen-bond acceptors (Lipinski definition) is 4. The van der Waals surface area contributed by atoms with E-state index in [1.807, 2.05) is 0 Å². The van der Waals surface area contributed by atoms with Crippen molar-refractivity contribution in [2.45, 2.75) is 13.3 Å². The molecule has 0 bridgehead atoms. The summed E-state index contributed by atoms with van der Waals surface area (Å²) in [5.41, 5.74) is 0.566. The van der Waals surface area contributed by atoms with E-state index in [9.17, 15) is 19.7 Å². The Labute approximate surface area is 90.7 Å². The van der Waals surface area contributed by atoms with Gasteiger partial charge in [0.2, 0.25) is 5.78 Å². The number of rotatable bonds is 4. The first-order valence-electron chi connectivity index (χ1n) is 4.42. The van der Waals surface area contributed by atoms with Gasteiger partial charge in [-0.1, -0.05) is 12.1 Å². The molecule has 0 spiro atoms. The number of benzene rings is 1. The highest BCUT2D eigenvalue weighted by atomic mass is 16.6. The fraction of sp³-hybridized carbons (Fsp3) is 0.200. The maximum atomic E-state index is 10.9. The van der Waals surface area contributed by atoms with Crippen LogP contribution in [0.1, 0.15) is 11.1 Å². The van der Waals surface area contributed by atoms with Crippen LogP contribution in [0.15, 0.2) is 18.2 Å². The fourth-order valence-corrected chi connectivity index (χ4v) is 1.24.